The van der Waals surface area contributed by atoms with Crippen LogP contribution in [-0.2, 0) is 9.53 Å². The minimum Gasteiger partial charge on any atom is -0.487 e. The number of ether oxygens (including phenoxy) is 2. The number of halogens is 2. The summed E-state index contributed by atoms with van der Waals surface area (Å²) in [7, 11) is 0. The Kier molecular flexibility index (Phi) is 6.91. The lowest BCUT2D eigenvalue weighted by Crippen LogP contribution is -2.08. The van der Waals surface area contributed by atoms with Gasteiger partial charge in [-0.05, 0) is 55.7 Å². The van der Waals surface area contributed by atoms with E-state index in [0.29, 0.717) is 29.0 Å². The normalized spacial score (nSPS) is 14.8. The molecule has 1 aromatic carbocycles. The largest absolute Gasteiger partial charge is 0.487 e. The van der Waals surface area contributed by atoms with Gasteiger partial charge in [0.05, 0.1) is 11.6 Å². The van der Waals surface area contributed by atoms with Crippen LogP contribution >= 0.6 is 23.2 Å². The number of carbonyl (C=O) groups excluding carboxylic acids is 1. The lowest BCUT2D eigenvalue weighted by atomic mass is 10.0. The fourth-order valence-electron chi connectivity index (χ4n) is 2.32. The number of rotatable bonds is 5. The van der Waals surface area contributed by atoms with Crippen molar-refractivity contribution in [3.63, 3.8) is 0 Å². The maximum absolute atomic E-state index is 11.4. The van der Waals surface area contributed by atoms with E-state index in [1.165, 1.54) is 6.08 Å². The molecule has 0 unspecified atom stereocenters. The highest BCUT2D eigenvalue weighted by Gasteiger charge is 2.16. The minimum absolute atomic E-state index is 0.334. The van der Waals surface area contributed by atoms with Crippen LogP contribution in [0.1, 0.15) is 26.3 Å². The van der Waals surface area contributed by atoms with Crippen molar-refractivity contribution in [1.29, 1.82) is 0 Å². The van der Waals surface area contributed by atoms with E-state index in [9.17, 15) is 4.79 Å². The zero-order valence-corrected chi connectivity index (χ0v) is 15.9. The van der Waals surface area contributed by atoms with E-state index in [4.69, 9.17) is 32.7 Å². The minimum atomic E-state index is -0.334. The third-order valence-electron chi connectivity index (χ3n) is 3.58. The fraction of sp³-hybridized carbons (Fsp3) is 0.250. The van der Waals surface area contributed by atoms with Crippen LogP contribution < -0.4 is 4.74 Å². The average molecular weight is 379 g/mol. The molecule has 2 rings (SSSR count). The number of allylic oxidation sites excluding steroid dienone is 4. The van der Waals surface area contributed by atoms with E-state index in [-0.39, 0.29) is 5.97 Å². The van der Waals surface area contributed by atoms with Gasteiger partial charge in [-0.1, -0.05) is 41.4 Å². The Labute approximate surface area is 158 Å². The Morgan fingerprint density at radius 3 is 2.80 bits per heavy atom. The molecule has 1 heterocycles. The van der Waals surface area contributed by atoms with Crippen LogP contribution in [0.5, 0.6) is 5.75 Å². The molecule has 0 aromatic heterocycles. The van der Waals surface area contributed by atoms with Gasteiger partial charge < -0.3 is 9.47 Å². The molecule has 25 heavy (non-hydrogen) atoms. The second-order valence-electron chi connectivity index (χ2n) is 5.61. The van der Waals surface area contributed by atoms with E-state index < -0.39 is 0 Å². The standard InChI is InChI=1S/C20H20Cl2O3/c1-4-24-19(23)8-13(2)6-5-7-14(3)16-9-15-10-17(21)11-18(22)20(15)25-12-16/h5-11H,4,12H2,1-3H3/b6-5+,13-8+,14-7+. The van der Waals surface area contributed by atoms with Crippen LogP contribution in [0.25, 0.3) is 6.08 Å². The molecule has 0 spiro atoms. The molecule has 0 saturated heterocycles. The quantitative estimate of drug-likeness (QED) is 0.370. The van der Waals surface area contributed by atoms with Crippen molar-refractivity contribution in [2.75, 3.05) is 13.2 Å². The number of esters is 1. The van der Waals surface area contributed by atoms with E-state index >= 15 is 0 Å². The third-order valence-corrected chi connectivity index (χ3v) is 4.08. The number of benzene rings is 1. The molecule has 0 atom stereocenters. The summed E-state index contributed by atoms with van der Waals surface area (Å²) in [5, 5.41) is 1.09. The van der Waals surface area contributed by atoms with E-state index in [1.807, 2.05) is 44.2 Å². The molecule has 3 nitrogen and oxygen atoms in total. The predicted octanol–water partition coefficient (Wildman–Crippen LogP) is 5.78. The molecule has 0 bridgehead atoms. The van der Waals surface area contributed by atoms with Crippen molar-refractivity contribution < 1.29 is 14.3 Å². The Morgan fingerprint density at radius 2 is 2.08 bits per heavy atom. The molecule has 0 amide bonds. The number of fused-ring (bicyclic) bond motifs is 1. The molecule has 1 aliphatic heterocycles. The summed E-state index contributed by atoms with van der Waals surface area (Å²) < 4.78 is 10.6. The van der Waals surface area contributed by atoms with Gasteiger partial charge in [-0.15, -0.1) is 0 Å². The second-order valence-corrected chi connectivity index (χ2v) is 6.46. The summed E-state index contributed by atoms with van der Waals surface area (Å²) in [6.07, 6.45) is 9.20. The van der Waals surface area contributed by atoms with Crippen LogP contribution in [0, 0.1) is 0 Å². The first-order chi connectivity index (χ1) is 11.9. The van der Waals surface area contributed by atoms with Gasteiger partial charge >= 0.3 is 5.97 Å². The lowest BCUT2D eigenvalue weighted by molar-refractivity contribution is -0.137. The Balaban J connectivity index is 2.13. The third kappa shape index (κ3) is 5.52. The van der Waals surface area contributed by atoms with Crippen molar-refractivity contribution >= 4 is 35.2 Å². The first kappa shape index (κ1) is 19.4. The van der Waals surface area contributed by atoms with E-state index in [1.54, 1.807) is 13.0 Å². The van der Waals surface area contributed by atoms with Gasteiger partial charge in [-0.3, -0.25) is 0 Å². The molecule has 0 aliphatic carbocycles. The summed E-state index contributed by atoms with van der Waals surface area (Å²) >= 11 is 12.2. The maximum Gasteiger partial charge on any atom is 0.330 e. The van der Waals surface area contributed by atoms with Crippen LogP contribution in [0.15, 0.2) is 53.2 Å². The van der Waals surface area contributed by atoms with Crippen LogP contribution in [0.2, 0.25) is 10.0 Å². The lowest BCUT2D eigenvalue weighted by Gasteiger charge is -2.19. The molecule has 5 heteroatoms. The van der Waals surface area contributed by atoms with Gasteiger partial charge in [0.25, 0.3) is 0 Å². The first-order valence-corrected chi connectivity index (χ1v) is 8.69. The number of hydrogen-bond donors (Lipinski definition) is 0. The highest BCUT2D eigenvalue weighted by atomic mass is 35.5. The van der Waals surface area contributed by atoms with Crippen LogP contribution in [-0.4, -0.2) is 19.2 Å². The van der Waals surface area contributed by atoms with Gasteiger partial charge in [-0.2, -0.15) is 0 Å². The zero-order chi connectivity index (χ0) is 18.4. The van der Waals surface area contributed by atoms with E-state index in [0.717, 1.165) is 22.3 Å². The maximum atomic E-state index is 11.4. The van der Waals surface area contributed by atoms with Crippen LogP contribution in [0.4, 0.5) is 0 Å². The molecule has 132 valence electrons. The summed E-state index contributed by atoms with van der Waals surface area (Å²) in [5.74, 6) is 0.325. The molecule has 1 aromatic rings. The Bertz CT molecular complexity index is 786. The summed E-state index contributed by atoms with van der Waals surface area (Å²) in [5.41, 5.74) is 3.79. The van der Waals surface area contributed by atoms with Crippen molar-refractivity contribution in [2.45, 2.75) is 20.8 Å². The van der Waals surface area contributed by atoms with Crippen molar-refractivity contribution in [3.05, 3.63) is 68.8 Å². The average Bonchev–Trinajstić information content (AvgIpc) is 2.54. The molecular formula is C20H20Cl2O3. The summed E-state index contributed by atoms with van der Waals surface area (Å²) in [6.45, 7) is 6.44. The zero-order valence-electron chi connectivity index (χ0n) is 14.4. The SMILES string of the molecule is CCOC(=O)/C=C(C)/C=C/C=C(\C)C1=Cc2cc(Cl)cc(Cl)c2OC1. The Hall–Kier alpha value is -1.97. The topological polar surface area (TPSA) is 35.5 Å². The smallest absolute Gasteiger partial charge is 0.330 e. The second kappa shape index (κ2) is 8.93. The van der Waals surface area contributed by atoms with Gasteiger partial charge in [0.15, 0.2) is 0 Å². The molecule has 0 fully saturated rings. The summed E-state index contributed by atoms with van der Waals surface area (Å²) in [4.78, 5) is 11.4. The highest BCUT2D eigenvalue weighted by Crippen LogP contribution is 2.37. The predicted molar refractivity (Wildman–Crippen MR) is 103 cm³/mol. The van der Waals surface area contributed by atoms with Gasteiger partial charge in [-0.25, -0.2) is 4.79 Å². The molecule has 0 N–H and O–H groups in total. The fourth-order valence-corrected chi connectivity index (χ4v) is 2.88. The van der Waals surface area contributed by atoms with Gasteiger partial charge in [0.1, 0.15) is 12.4 Å². The van der Waals surface area contributed by atoms with E-state index in [2.05, 4.69) is 0 Å². The highest BCUT2D eigenvalue weighted by molar-refractivity contribution is 6.36. The number of hydrogen-bond acceptors (Lipinski definition) is 3. The first-order valence-electron chi connectivity index (χ1n) is 7.93. The monoisotopic (exact) mass is 378 g/mol. The molecule has 1 aliphatic rings. The Morgan fingerprint density at radius 1 is 1.32 bits per heavy atom. The molecule has 0 saturated carbocycles. The molecular weight excluding hydrogens is 359 g/mol. The van der Waals surface area contributed by atoms with Crippen molar-refractivity contribution in [3.8, 4) is 5.75 Å². The van der Waals surface area contributed by atoms with Gasteiger partial charge in [0, 0.05) is 16.7 Å². The van der Waals surface area contributed by atoms with Crippen molar-refractivity contribution in [2.24, 2.45) is 0 Å². The summed E-state index contributed by atoms with van der Waals surface area (Å²) in [6, 6.07) is 3.50. The van der Waals surface area contributed by atoms with Crippen LogP contribution in [0.3, 0.4) is 0 Å². The number of carbonyl (C=O) groups is 1. The van der Waals surface area contributed by atoms with Gasteiger partial charge in [0.2, 0.25) is 0 Å². The van der Waals surface area contributed by atoms with Crippen molar-refractivity contribution in [1.82, 2.24) is 0 Å². The molecule has 0 radical (unpaired) electrons.